The Morgan fingerprint density at radius 1 is 1.18 bits per heavy atom. The molecule has 1 aromatic rings. The molecule has 0 radical (unpaired) electrons. The van der Waals surface area contributed by atoms with Crippen LogP contribution in [0.4, 0.5) is 0 Å². The molecule has 0 aromatic heterocycles. The predicted octanol–water partition coefficient (Wildman–Crippen LogP) is 4.25. The molecule has 5 rings (SSSR count). The number of carbonyl (C=O) groups is 2. The van der Waals surface area contributed by atoms with Gasteiger partial charge in [0.25, 0.3) is 0 Å². The Hall–Kier alpha value is -1.84. The summed E-state index contributed by atoms with van der Waals surface area (Å²) < 4.78 is 5.14. The first-order chi connectivity index (χ1) is 13.4. The lowest BCUT2D eigenvalue weighted by Crippen LogP contribution is -2.48. The van der Waals surface area contributed by atoms with E-state index in [1.165, 1.54) is 24.0 Å². The molecule has 0 atom stereocenters. The third-order valence-electron chi connectivity index (χ3n) is 7.92. The maximum atomic E-state index is 12.9. The predicted molar refractivity (Wildman–Crippen MR) is 107 cm³/mol. The van der Waals surface area contributed by atoms with E-state index in [0.29, 0.717) is 36.2 Å². The van der Waals surface area contributed by atoms with Gasteiger partial charge in [-0.15, -0.1) is 0 Å². The molecule has 4 fully saturated rings. The molecule has 2 heterocycles. The first-order valence-electron chi connectivity index (χ1n) is 10.9. The zero-order valence-corrected chi connectivity index (χ0v) is 17.1. The highest BCUT2D eigenvalue weighted by molar-refractivity contribution is 5.81. The van der Waals surface area contributed by atoms with Gasteiger partial charge in [-0.05, 0) is 60.5 Å². The highest BCUT2D eigenvalue weighted by Gasteiger charge is 2.55. The number of hydrogen-bond acceptors (Lipinski definition) is 3. The van der Waals surface area contributed by atoms with E-state index < -0.39 is 0 Å². The molecular formula is C24H31NO3. The Bertz CT molecular complexity index is 802. The molecular weight excluding hydrogens is 350 g/mol. The maximum Gasteiger partial charge on any atom is 0.306 e. The minimum Gasteiger partial charge on any atom is -0.465 e. The topological polar surface area (TPSA) is 46.6 Å². The van der Waals surface area contributed by atoms with Crippen LogP contribution < -0.4 is 0 Å². The van der Waals surface area contributed by atoms with Crippen LogP contribution in [0.2, 0.25) is 0 Å². The van der Waals surface area contributed by atoms with Crippen molar-refractivity contribution in [1.29, 1.82) is 0 Å². The Labute approximate surface area is 167 Å². The number of rotatable bonds is 3. The van der Waals surface area contributed by atoms with Crippen LogP contribution >= 0.6 is 0 Å². The van der Waals surface area contributed by atoms with E-state index in [2.05, 4.69) is 43.0 Å². The molecule has 4 aliphatic rings. The molecule has 4 heteroatoms. The molecule has 0 N–H and O–H groups in total. The first kappa shape index (κ1) is 18.2. The van der Waals surface area contributed by atoms with Crippen molar-refractivity contribution in [3.05, 3.63) is 35.4 Å². The summed E-state index contributed by atoms with van der Waals surface area (Å²) >= 11 is 0. The number of benzene rings is 1. The number of esters is 1. The van der Waals surface area contributed by atoms with Crippen molar-refractivity contribution in [2.24, 2.45) is 16.7 Å². The lowest BCUT2D eigenvalue weighted by Gasteiger charge is -2.47. The van der Waals surface area contributed by atoms with E-state index in [1.807, 2.05) is 0 Å². The van der Waals surface area contributed by atoms with Crippen molar-refractivity contribution in [2.45, 2.75) is 64.2 Å². The fourth-order valence-corrected chi connectivity index (χ4v) is 6.17. The summed E-state index contributed by atoms with van der Waals surface area (Å²) in [5.41, 5.74) is 3.24. The van der Waals surface area contributed by atoms with Gasteiger partial charge in [0.2, 0.25) is 5.91 Å². The summed E-state index contributed by atoms with van der Waals surface area (Å²) in [4.78, 5) is 26.5. The van der Waals surface area contributed by atoms with E-state index in [9.17, 15) is 9.59 Å². The molecule has 2 aliphatic carbocycles. The quantitative estimate of drug-likeness (QED) is 0.736. The third-order valence-corrected chi connectivity index (χ3v) is 7.92. The zero-order valence-electron chi connectivity index (χ0n) is 17.1. The highest BCUT2D eigenvalue weighted by atomic mass is 16.5. The van der Waals surface area contributed by atoms with Crippen LogP contribution in [0.5, 0.6) is 0 Å². The van der Waals surface area contributed by atoms with Gasteiger partial charge < -0.3 is 9.64 Å². The number of cyclic esters (lactones) is 1. The van der Waals surface area contributed by atoms with Crippen LogP contribution in [0.1, 0.15) is 75.3 Å². The molecule has 2 saturated carbocycles. The number of ether oxygens (including phenoxy) is 1. The van der Waals surface area contributed by atoms with Crippen LogP contribution in [-0.2, 0) is 14.3 Å². The van der Waals surface area contributed by atoms with Gasteiger partial charge in [0, 0.05) is 24.4 Å². The van der Waals surface area contributed by atoms with Gasteiger partial charge in [-0.2, -0.15) is 0 Å². The van der Waals surface area contributed by atoms with Crippen molar-refractivity contribution >= 4 is 11.9 Å². The van der Waals surface area contributed by atoms with Crippen LogP contribution in [0, 0.1) is 16.7 Å². The van der Waals surface area contributed by atoms with E-state index in [4.69, 9.17) is 4.74 Å². The summed E-state index contributed by atoms with van der Waals surface area (Å²) in [6.07, 6.45) is 5.78. The molecule has 2 spiro atoms. The van der Waals surface area contributed by atoms with Gasteiger partial charge in [-0.3, -0.25) is 9.59 Å². The molecule has 1 aromatic carbocycles. The Morgan fingerprint density at radius 2 is 1.96 bits per heavy atom. The second-order valence-corrected chi connectivity index (χ2v) is 10.4. The molecule has 0 unspecified atom stereocenters. The van der Waals surface area contributed by atoms with Crippen LogP contribution in [0.15, 0.2) is 24.3 Å². The van der Waals surface area contributed by atoms with Crippen molar-refractivity contribution in [1.82, 2.24) is 4.90 Å². The van der Waals surface area contributed by atoms with Crippen molar-refractivity contribution < 1.29 is 14.3 Å². The van der Waals surface area contributed by atoms with Crippen LogP contribution in [0.3, 0.4) is 0 Å². The maximum absolute atomic E-state index is 12.9. The average molecular weight is 382 g/mol. The summed E-state index contributed by atoms with van der Waals surface area (Å²) in [6.45, 7) is 6.87. The van der Waals surface area contributed by atoms with Crippen LogP contribution in [-0.4, -0.2) is 36.5 Å². The lowest BCUT2D eigenvalue weighted by molar-refractivity contribution is -0.143. The minimum absolute atomic E-state index is 0.0161. The second kappa shape index (κ2) is 6.33. The molecule has 4 nitrogen and oxygen atoms in total. The number of carbonyl (C=O) groups excluding carboxylic acids is 2. The average Bonchev–Trinajstić information content (AvgIpc) is 3.23. The van der Waals surface area contributed by atoms with E-state index in [1.54, 1.807) is 0 Å². The van der Waals surface area contributed by atoms with E-state index in [0.717, 1.165) is 32.4 Å². The minimum atomic E-state index is -0.0897. The first-order valence-corrected chi connectivity index (χ1v) is 10.9. The van der Waals surface area contributed by atoms with Crippen LogP contribution in [0.25, 0.3) is 0 Å². The van der Waals surface area contributed by atoms with Gasteiger partial charge in [0.05, 0.1) is 13.0 Å². The normalized spacial score (nSPS) is 36.7. The largest absolute Gasteiger partial charge is 0.465 e. The van der Waals surface area contributed by atoms with Gasteiger partial charge in [-0.25, -0.2) is 0 Å². The molecule has 0 bridgehead atoms. The monoisotopic (exact) mass is 381 g/mol. The highest BCUT2D eigenvalue weighted by Crippen LogP contribution is 2.57. The van der Waals surface area contributed by atoms with E-state index in [-0.39, 0.29) is 17.3 Å². The Balaban J connectivity index is 1.16. The lowest BCUT2D eigenvalue weighted by atomic mass is 9.59. The fourth-order valence-electron chi connectivity index (χ4n) is 6.17. The number of nitrogens with zero attached hydrogens (tertiary/aromatic N) is 1. The third kappa shape index (κ3) is 2.96. The smallest absolute Gasteiger partial charge is 0.306 e. The van der Waals surface area contributed by atoms with Crippen molar-refractivity contribution in [3.8, 4) is 0 Å². The molecule has 1 amide bonds. The zero-order chi connectivity index (χ0) is 19.5. The summed E-state index contributed by atoms with van der Waals surface area (Å²) in [5, 5.41) is 0. The van der Waals surface area contributed by atoms with Gasteiger partial charge >= 0.3 is 5.97 Å². The molecule has 150 valence electrons. The van der Waals surface area contributed by atoms with Gasteiger partial charge in [0.1, 0.15) is 0 Å². The Kier molecular flexibility index (Phi) is 4.12. The van der Waals surface area contributed by atoms with Crippen molar-refractivity contribution in [2.75, 3.05) is 19.7 Å². The fraction of sp³-hybridized carbons (Fsp3) is 0.667. The summed E-state index contributed by atoms with van der Waals surface area (Å²) in [5.74, 6) is 1.57. The summed E-state index contributed by atoms with van der Waals surface area (Å²) in [7, 11) is 0. The Morgan fingerprint density at radius 3 is 2.64 bits per heavy atom. The standard InChI is InChI=1S/C24H31NO3/c1-16(2)17-4-3-5-18(8-17)19-9-23(10-19)6-7-25(14-23)22(27)20-11-24(12-20)13-21(26)28-15-24/h3-5,8,16,19-20H,6-7,9-15H2,1-2H3. The number of likely N-dealkylation sites (tertiary alicyclic amines) is 1. The van der Waals surface area contributed by atoms with Gasteiger partial charge in [0.15, 0.2) is 0 Å². The van der Waals surface area contributed by atoms with Gasteiger partial charge in [-0.1, -0.05) is 38.1 Å². The molecule has 28 heavy (non-hydrogen) atoms. The molecule has 2 saturated heterocycles. The summed E-state index contributed by atoms with van der Waals surface area (Å²) in [6, 6.07) is 9.09. The van der Waals surface area contributed by atoms with E-state index >= 15 is 0 Å². The number of hydrogen-bond donors (Lipinski definition) is 0. The van der Waals surface area contributed by atoms with Crippen molar-refractivity contribution in [3.63, 3.8) is 0 Å². The second-order valence-electron chi connectivity index (χ2n) is 10.4. The molecule has 2 aliphatic heterocycles. The number of amides is 1. The SMILES string of the molecule is CC(C)c1cccc(C2CC3(CCN(C(=O)C4CC5(COC(=O)C5)C4)C3)C2)c1.